The van der Waals surface area contributed by atoms with Gasteiger partial charge in [-0.05, 0) is 25.2 Å². The lowest BCUT2D eigenvalue weighted by Gasteiger charge is -2.25. The molecule has 3 rings (SSSR count). The molecular formula is C17H30N2O3. The van der Waals surface area contributed by atoms with Crippen molar-refractivity contribution >= 4 is 5.91 Å². The first-order valence-electron chi connectivity index (χ1n) is 8.78. The maximum Gasteiger partial charge on any atom is 0.248 e. The minimum atomic E-state index is 0.0359. The number of likely N-dealkylation sites (N-methyl/N-ethyl adjacent to an activating group) is 1. The largest absolute Gasteiger partial charge is 0.376 e. The molecule has 126 valence electrons. The molecule has 22 heavy (non-hydrogen) atoms. The predicted molar refractivity (Wildman–Crippen MR) is 84.7 cm³/mol. The Labute approximate surface area is 133 Å². The lowest BCUT2D eigenvalue weighted by molar-refractivity contribution is -0.133. The van der Waals surface area contributed by atoms with Gasteiger partial charge in [-0.2, -0.15) is 0 Å². The van der Waals surface area contributed by atoms with Gasteiger partial charge in [0.25, 0.3) is 0 Å². The van der Waals surface area contributed by atoms with Crippen LogP contribution < -0.4 is 0 Å². The first-order valence-corrected chi connectivity index (χ1v) is 8.78. The van der Waals surface area contributed by atoms with Crippen molar-refractivity contribution in [2.45, 2.75) is 44.2 Å². The van der Waals surface area contributed by atoms with Gasteiger partial charge in [0.1, 0.15) is 6.61 Å². The molecule has 5 heteroatoms. The molecule has 1 aliphatic carbocycles. The Kier molecular flexibility index (Phi) is 5.37. The van der Waals surface area contributed by atoms with Gasteiger partial charge in [-0.15, -0.1) is 0 Å². The van der Waals surface area contributed by atoms with Crippen molar-refractivity contribution in [2.24, 2.45) is 11.8 Å². The van der Waals surface area contributed by atoms with Crippen molar-refractivity contribution in [3.63, 3.8) is 0 Å². The number of hydrogen-bond acceptors (Lipinski definition) is 4. The fourth-order valence-corrected chi connectivity index (χ4v) is 4.22. The summed E-state index contributed by atoms with van der Waals surface area (Å²) in [6, 6.07) is 0.809. The van der Waals surface area contributed by atoms with E-state index in [9.17, 15) is 4.79 Å². The lowest BCUT2D eigenvalue weighted by atomic mass is 9.91. The molecule has 2 aliphatic heterocycles. The molecule has 0 spiro atoms. The summed E-state index contributed by atoms with van der Waals surface area (Å²) in [6.45, 7) is 4.07. The number of rotatable bonds is 6. The molecule has 0 unspecified atom stereocenters. The lowest BCUT2D eigenvalue weighted by Crippen LogP contribution is -2.33. The van der Waals surface area contributed by atoms with Gasteiger partial charge >= 0.3 is 0 Å². The minimum absolute atomic E-state index is 0.0359. The molecule has 2 saturated heterocycles. The van der Waals surface area contributed by atoms with E-state index in [1.165, 1.54) is 32.2 Å². The third-order valence-corrected chi connectivity index (χ3v) is 5.67. The van der Waals surface area contributed by atoms with Crippen molar-refractivity contribution in [2.75, 3.05) is 47.0 Å². The highest BCUT2D eigenvalue weighted by atomic mass is 16.5. The van der Waals surface area contributed by atoms with E-state index < -0.39 is 0 Å². The summed E-state index contributed by atoms with van der Waals surface area (Å²) in [4.78, 5) is 15.7. The quantitative estimate of drug-likeness (QED) is 0.695. The summed E-state index contributed by atoms with van der Waals surface area (Å²) in [5.41, 5.74) is 0. The van der Waals surface area contributed by atoms with Gasteiger partial charge < -0.3 is 14.4 Å². The Morgan fingerprint density at radius 2 is 2.05 bits per heavy atom. The Morgan fingerprint density at radius 3 is 2.77 bits per heavy atom. The van der Waals surface area contributed by atoms with Crippen LogP contribution in [0.15, 0.2) is 0 Å². The normalized spacial score (nSPS) is 32.5. The van der Waals surface area contributed by atoms with Crippen molar-refractivity contribution < 1.29 is 14.3 Å². The van der Waals surface area contributed by atoms with Crippen LogP contribution in [0.5, 0.6) is 0 Å². The summed E-state index contributed by atoms with van der Waals surface area (Å²) in [6.07, 6.45) is 7.00. The molecule has 3 aliphatic rings. The molecule has 0 aromatic heterocycles. The first kappa shape index (κ1) is 16.2. The minimum Gasteiger partial charge on any atom is -0.376 e. The number of nitrogens with zero attached hydrogens (tertiary/aromatic N) is 2. The number of hydrogen-bond donors (Lipinski definition) is 0. The Bertz CT molecular complexity index is 382. The van der Waals surface area contributed by atoms with Crippen LogP contribution in [-0.4, -0.2) is 74.9 Å². The number of carbonyl (C=O) groups excluding carboxylic acids is 1. The van der Waals surface area contributed by atoms with Crippen molar-refractivity contribution in [3.8, 4) is 0 Å². The van der Waals surface area contributed by atoms with E-state index in [2.05, 4.69) is 4.90 Å². The predicted octanol–water partition coefficient (Wildman–Crippen LogP) is 1.37. The number of likely N-dealkylation sites (tertiary alicyclic amines) is 1. The van der Waals surface area contributed by atoms with E-state index in [-0.39, 0.29) is 12.5 Å². The Balaban J connectivity index is 1.39. The Hall–Kier alpha value is -0.650. The van der Waals surface area contributed by atoms with Gasteiger partial charge in [-0.1, -0.05) is 12.8 Å². The number of ether oxygens (including phenoxy) is 2. The number of amides is 1. The summed E-state index contributed by atoms with van der Waals surface area (Å²) in [5.74, 6) is 1.31. The van der Waals surface area contributed by atoms with Crippen molar-refractivity contribution in [1.82, 2.24) is 9.80 Å². The van der Waals surface area contributed by atoms with E-state index in [0.717, 1.165) is 25.6 Å². The molecular weight excluding hydrogens is 280 g/mol. The van der Waals surface area contributed by atoms with E-state index in [4.69, 9.17) is 9.47 Å². The van der Waals surface area contributed by atoms with Crippen molar-refractivity contribution in [3.05, 3.63) is 0 Å². The zero-order valence-electron chi connectivity index (χ0n) is 14.0. The van der Waals surface area contributed by atoms with E-state index in [1.807, 2.05) is 0 Å². The van der Waals surface area contributed by atoms with Crippen LogP contribution in [0.2, 0.25) is 0 Å². The number of carbonyl (C=O) groups is 1. The molecule has 1 saturated carbocycles. The fraction of sp³-hybridized carbons (Fsp3) is 0.941. The van der Waals surface area contributed by atoms with Gasteiger partial charge in [-0.3, -0.25) is 9.69 Å². The highest BCUT2D eigenvalue weighted by Gasteiger charge is 2.45. The molecule has 0 aromatic rings. The maximum absolute atomic E-state index is 11.5. The molecule has 0 bridgehead atoms. The molecule has 3 fully saturated rings. The zero-order valence-corrected chi connectivity index (χ0v) is 14.0. The van der Waals surface area contributed by atoms with Gasteiger partial charge in [0.05, 0.1) is 12.7 Å². The molecule has 5 nitrogen and oxygen atoms in total. The topological polar surface area (TPSA) is 42.0 Å². The standard InChI is InChI=1S/C17H30N2O3/c1-18(2)17(20)12-21-8-7-13-11-22-16-10-19(9-15(13)16)14-5-3-4-6-14/h13-16H,3-12H2,1-2H3/t13-,15-,16-/m0/s1. The second-order valence-electron chi connectivity index (χ2n) is 7.32. The molecule has 0 aromatic carbocycles. The van der Waals surface area contributed by atoms with E-state index in [0.29, 0.717) is 24.5 Å². The average Bonchev–Trinajstić information content (AvgIpc) is 3.19. The third-order valence-electron chi connectivity index (χ3n) is 5.67. The van der Waals surface area contributed by atoms with Crippen LogP contribution in [0.3, 0.4) is 0 Å². The summed E-state index contributed by atoms with van der Waals surface area (Å²) in [7, 11) is 3.52. The van der Waals surface area contributed by atoms with Gasteiger partial charge in [0, 0.05) is 45.8 Å². The van der Waals surface area contributed by atoms with Crippen molar-refractivity contribution in [1.29, 1.82) is 0 Å². The highest BCUT2D eigenvalue weighted by molar-refractivity contribution is 5.76. The van der Waals surface area contributed by atoms with E-state index in [1.54, 1.807) is 19.0 Å². The smallest absolute Gasteiger partial charge is 0.248 e. The third kappa shape index (κ3) is 3.63. The second-order valence-corrected chi connectivity index (χ2v) is 7.32. The monoisotopic (exact) mass is 310 g/mol. The zero-order chi connectivity index (χ0) is 15.5. The molecule has 3 atom stereocenters. The SMILES string of the molecule is CN(C)C(=O)COCC[C@H]1CO[C@H]2CN(C3CCCC3)C[C@@H]12. The van der Waals surface area contributed by atoms with Crippen LogP contribution in [0, 0.1) is 11.8 Å². The first-order chi connectivity index (χ1) is 10.6. The van der Waals surface area contributed by atoms with Gasteiger partial charge in [0.15, 0.2) is 0 Å². The number of fused-ring (bicyclic) bond motifs is 1. The van der Waals surface area contributed by atoms with Crippen LogP contribution in [0.25, 0.3) is 0 Å². The molecule has 2 heterocycles. The van der Waals surface area contributed by atoms with Crippen LogP contribution in [-0.2, 0) is 14.3 Å². The summed E-state index contributed by atoms with van der Waals surface area (Å²) >= 11 is 0. The van der Waals surface area contributed by atoms with Crippen LogP contribution in [0.1, 0.15) is 32.1 Å². The average molecular weight is 310 g/mol. The molecule has 0 radical (unpaired) electrons. The highest BCUT2D eigenvalue weighted by Crippen LogP contribution is 2.38. The second kappa shape index (κ2) is 7.28. The molecule has 1 amide bonds. The Morgan fingerprint density at radius 1 is 1.27 bits per heavy atom. The summed E-state index contributed by atoms with van der Waals surface area (Å²) < 4.78 is 11.6. The summed E-state index contributed by atoms with van der Waals surface area (Å²) in [5, 5.41) is 0. The van der Waals surface area contributed by atoms with Crippen LogP contribution in [0.4, 0.5) is 0 Å². The maximum atomic E-state index is 11.5. The van der Waals surface area contributed by atoms with E-state index >= 15 is 0 Å². The molecule has 0 N–H and O–H groups in total. The van der Waals surface area contributed by atoms with Crippen LogP contribution >= 0.6 is 0 Å². The van der Waals surface area contributed by atoms with Gasteiger partial charge in [-0.25, -0.2) is 0 Å². The fourth-order valence-electron chi connectivity index (χ4n) is 4.22. The van der Waals surface area contributed by atoms with Gasteiger partial charge in [0.2, 0.25) is 5.91 Å².